The van der Waals surface area contributed by atoms with E-state index >= 15 is 0 Å². The molecule has 0 aromatic carbocycles. The van der Waals surface area contributed by atoms with Crippen molar-refractivity contribution < 1.29 is 14.3 Å². The summed E-state index contributed by atoms with van der Waals surface area (Å²) in [5, 5.41) is 0. The van der Waals surface area contributed by atoms with Crippen LogP contribution in [-0.4, -0.2) is 87.0 Å². The van der Waals surface area contributed by atoms with Crippen LogP contribution in [0.4, 0.5) is 0 Å². The van der Waals surface area contributed by atoms with Gasteiger partial charge in [0.25, 0.3) is 0 Å². The lowest BCUT2D eigenvalue weighted by atomic mass is 9.47. The van der Waals surface area contributed by atoms with Gasteiger partial charge < -0.3 is 19.4 Å². The Kier molecular flexibility index (Phi) is 14.5. The summed E-state index contributed by atoms with van der Waals surface area (Å²) >= 11 is 0. The lowest BCUT2D eigenvalue weighted by Crippen LogP contribution is -2.51. The van der Waals surface area contributed by atoms with E-state index in [9.17, 15) is 9.59 Å². The Balaban J connectivity index is 1.25. The zero-order chi connectivity index (χ0) is 35.1. The second-order valence-electron chi connectivity index (χ2n) is 18.2. The first-order valence-corrected chi connectivity index (χ1v) is 20.2. The third-order valence-corrected chi connectivity index (χ3v) is 13.7. The molecule has 48 heavy (non-hydrogen) atoms. The standard InChI is InChI=1S/C42H75N3O3/c1-31(2)14-10-15-32(3)36-20-21-37-35-19-18-33-30-34(22-24-41(33,4)38(35)23-25-42(36,37)5)48-40(47)17-11-16-39(46)45(28-12-26-43(6)7)29-13-27-44(8)9/h18,31-32,34-38H,10-17,19-30H2,1-9H3/t32-,34+,35+,36-,37+,38+,41+,42-/m1/s1. The molecule has 0 aromatic rings. The number of hydrogen-bond acceptors (Lipinski definition) is 5. The lowest BCUT2D eigenvalue weighted by Gasteiger charge is -2.58. The Morgan fingerprint density at radius 2 is 1.50 bits per heavy atom. The van der Waals surface area contributed by atoms with Crippen molar-refractivity contribution in [2.24, 2.45) is 46.3 Å². The van der Waals surface area contributed by atoms with E-state index in [0.717, 1.165) is 93.8 Å². The molecular weight excluding hydrogens is 594 g/mol. The van der Waals surface area contributed by atoms with E-state index in [2.05, 4.69) is 78.7 Å². The summed E-state index contributed by atoms with van der Waals surface area (Å²) in [4.78, 5) is 32.5. The van der Waals surface area contributed by atoms with Gasteiger partial charge in [0, 0.05) is 32.4 Å². The minimum Gasteiger partial charge on any atom is -0.462 e. The third kappa shape index (κ3) is 9.89. The predicted octanol–water partition coefficient (Wildman–Crippen LogP) is 8.84. The van der Waals surface area contributed by atoms with Gasteiger partial charge in [0.05, 0.1) is 0 Å². The van der Waals surface area contributed by atoms with E-state index in [1.54, 1.807) is 5.57 Å². The molecule has 3 saturated carbocycles. The average Bonchev–Trinajstić information content (AvgIpc) is 3.37. The van der Waals surface area contributed by atoms with Crippen LogP contribution in [-0.2, 0) is 14.3 Å². The maximum atomic E-state index is 13.1. The van der Waals surface area contributed by atoms with E-state index in [-0.39, 0.29) is 23.4 Å². The van der Waals surface area contributed by atoms with Crippen LogP contribution in [0.2, 0.25) is 0 Å². The van der Waals surface area contributed by atoms with E-state index in [1.165, 1.54) is 51.4 Å². The smallest absolute Gasteiger partial charge is 0.306 e. The molecule has 4 aliphatic rings. The van der Waals surface area contributed by atoms with Crippen molar-refractivity contribution in [1.82, 2.24) is 14.7 Å². The molecule has 6 nitrogen and oxygen atoms in total. The number of allylic oxidation sites excluding steroid dienone is 1. The normalized spacial score (nSPS) is 32.1. The zero-order valence-electron chi connectivity index (χ0n) is 32.8. The molecule has 8 atom stereocenters. The van der Waals surface area contributed by atoms with Crippen LogP contribution in [0.25, 0.3) is 0 Å². The summed E-state index contributed by atoms with van der Waals surface area (Å²) in [6, 6.07) is 0. The van der Waals surface area contributed by atoms with Gasteiger partial charge in [-0.05, 0) is 152 Å². The molecule has 276 valence electrons. The summed E-state index contributed by atoms with van der Waals surface area (Å²) in [6.45, 7) is 16.1. The van der Waals surface area contributed by atoms with Gasteiger partial charge in [-0.15, -0.1) is 0 Å². The molecule has 3 fully saturated rings. The molecule has 0 N–H and O–H groups in total. The molecule has 6 heteroatoms. The molecule has 4 aliphatic carbocycles. The second-order valence-corrected chi connectivity index (χ2v) is 18.2. The molecule has 0 radical (unpaired) electrons. The van der Waals surface area contributed by atoms with Crippen LogP contribution < -0.4 is 0 Å². The van der Waals surface area contributed by atoms with Crippen molar-refractivity contribution >= 4 is 11.9 Å². The Morgan fingerprint density at radius 3 is 2.15 bits per heavy atom. The van der Waals surface area contributed by atoms with Crippen LogP contribution in [0, 0.1) is 46.3 Å². The predicted molar refractivity (Wildman–Crippen MR) is 200 cm³/mol. The Labute approximate surface area is 296 Å². The van der Waals surface area contributed by atoms with E-state index in [0.29, 0.717) is 24.7 Å². The van der Waals surface area contributed by atoms with Crippen molar-refractivity contribution in [2.75, 3.05) is 54.4 Å². The topological polar surface area (TPSA) is 53.1 Å². The summed E-state index contributed by atoms with van der Waals surface area (Å²) in [5.41, 5.74) is 2.36. The molecule has 0 bridgehead atoms. The first kappa shape index (κ1) is 39.4. The fourth-order valence-corrected chi connectivity index (χ4v) is 11.1. The molecular formula is C42H75N3O3. The highest BCUT2D eigenvalue weighted by Crippen LogP contribution is 2.67. The SMILES string of the molecule is CC(C)CCC[C@@H](C)[C@H]1CC[C@H]2[C@@H]3CC=C4C[C@@H](OC(=O)CCCC(=O)N(CCCN(C)C)CCCN(C)C)CC[C@]4(C)[C@H]3CC[C@]12C. The van der Waals surface area contributed by atoms with Crippen LogP contribution in [0.1, 0.15) is 137 Å². The first-order chi connectivity index (χ1) is 22.7. The van der Waals surface area contributed by atoms with Gasteiger partial charge in [0.15, 0.2) is 0 Å². The summed E-state index contributed by atoms with van der Waals surface area (Å²) in [7, 11) is 8.29. The molecule has 1 amide bonds. The summed E-state index contributed by atoms with van der Waals surface area (Å²) in [5.74, 6) is 5.11. The number of carbonyl (C=O) groups excluding carboxylic acids is 2. The maximum absolute atomic E-state index is 13.1. The summed E-state index contributed by atoms with van der Waals surface area (Å²) < 4.78 is 6.10. The monoisotopic (exact) mass is 670 g/mol. The first-order valence-electron chi connectivity index (χ1n) is 20.2. The number of ether oxygens (including phenoxy) is 1. The quantitative estimate of drug-likeness (QED) is 0.108. The number of amides is 1. The molecule has 0 heterocycles. The largest absolute Gasteiger partial charge is 0.462 e. The fourth-order valence-electron chi connectivity index (χ4n) is 11.1. The van der Waals surface area contributed by atoms with Crippen LogP contribution in [0.3, 0.4) is 0 Å². The highest BCUT2D eigenvalue weighted by atomic mass is 16.5. The van der Waals surface area contributed by atoms with Gasteiger partial charge in [-0.25, -0.2) is 0 Å². The molecule has 0 aliphatic heterocycles. The van der Waals surface area contributed by atoms with Crippen molar-refractivity contribution in [3.05, 3.63) is 11.6 Å². The number of nitrogens with zero attached hydrogens (tertiary/aromatic N) is 3. The van der Waals surface area contributed by atoms with Crippen LogP contribution in [0.15, 0.2) is 11.6 Å². The van der Waals surface area contributed by atoms with Crippen molar-refractivity contribution in [3.63, 3.8) is 0 Å². The lowest BCUT2D eigenvalue weighted by molar-refractivity contribution is -0.151. The van der Waals surface area contributed by atoms with Gasteiger partial charge in [-0.1, -0.05) is 65.5 Å². The highest BCUT2D eigenvalue weighted by molar-refractivity contribution is 5.77. The minimum absolute atomic E-state index is 0.00551. The van der Waals surface area contributed by atoms with Gasteiger partial charge in [-0.3, -0.25) is 9.59 Å². The minimum atomic E-state index is -0.120. The van der Waals surface area contributed by atoms with Crippen LogP contribution >= 0.6 is 0 Å². The van der Waals surface area contributed by atoms with Gasteiger partial charge in [0.2, 0.25) is 5.91 Å². The van der Waals surface area contributed by atoms with E-state index < -0.39 is 0 Å². The van der Waals surface area contributed by atoms with Crippen molar-refractivity contribution in [1.29, 1.82) is 0 Å². The van der Waals surface area contributed by atoms with Crippen molar-refractivity contribution in [2.45, 2.75) is 143 Å². The Bertz CT molecular complexity index is 1060. The molecule has 0 spiro atoms. The van der Waals surface area contributed by atoms with E-state index in [1.807, 2.05) is 4.90 Å². The van der Waals surface area contributed by atoms with E-state index in [4.69, 9.17) is 4.74 Å². The fraction of sp³-hybridized carbons (Fsp3) is 0.905. The molecule has 4 rings (SSSR count). The Hall–Kier alpha value is -1.40. The summed E-state index contributed by atoms with van der Waals surface area (Å²) in [6.07, 6.45) is 20.0. The van der Waals surface area contributed by atoms with Crippen LogP contribution in [0.5, 0.6) is 0 Å². The van der Waals surface area contributed by atoms with Gasteiger partial charge >= 0.3 is 5.97 Å². The number of hydrogen-bond donors (Lipinski definition) is 0. The number of carbonyl (C=O) groups is 2. The van der Waals surface area contributed by atoms with Gasteiger partial charge in [-0.2, -0.15) is 0 Å². The molecule has 0 aromatic heterocycles. The second kappa shape index (κ2) is 17.7. The molecule has 0 saturated heterocycles. The number of rotatable bonds is 18. The van der Waals surface area contributed by atoms with Gasteiger partial charge in [0.1, 0.15) is 6.10 Å². The molecule has 0 unspecified atom stereocenters. The third-order valence-electron chi connectivity index (χ3n) is 13.7. The number of esters is 1. The highest BCUT2D eigenvalue weighted by Gasteiger charge is 2.59. The zero-order valence-corrected chi connectivity index (χ0v) is 32.8. The number of fused-ring (bicyclic) bond motifs is 5. The maximum Gasteiger partial charge on any atom is 0.306 e. The van der Waals surface area contributed by atoms with Crippen molar-refractivity contribution in [3.8, 4) is 0 Å². The Morgan fingerprint density at radius 1 is 0.812 bits per heavy atom. The average molecular weight is 670 g/mol.